The lowest BCUT2D eigenvalue weighted by Crippen LogP contribution is -2.06. The van der Waals surface area contributed by atoms with Gasteiger partial charge in [-0.2, -0.15) is 0 Å². The lowest BCUT2D eigenvalue weighted by molar-refractivity contribution is -0.136. The summed E-state index contributed by atoms with van der Waals surface area (Å²) in [4.78, 5) is 9.86. The Morgan fingerprint density at radius 3 is 2.50 bits per heavy atom. The summed E-state index contributed by atoms with van der Waals surface area (Å²) in [7, 11) is 0. The lowest BCUT2D eigenvalue weighted by atomic mass is 10.5. The molecule has 0 spiro atoms. The van der Waals surface area contributed by atoms with Crippen molar-refractivity contribution in [1.29, 1.82) is 5.41 Å². The third-order valence-corrected chi connectivity index (χ3v) is 1.29. The van der Waals surface area contributed by atoms with Crippen molar-refractivity contribution in [2.75, 3.05) is 5.75 Å². The average Bonchev–Trinajstić information content (AvgIpc) is 1.63. The van der Waals surface area contributed by atoms with Crippen molar-refractivity contribution in [2.45, 2.75) is 6.42 Å². The lowest BCUT2D eigenvalue weighted by Gasteiger charge is -1.92. The predicted molar refractivity (Wildman–Crippen MR) is 43.9 cm³/mol. The first-order valence-corrected chi connectivity index (χ1v) is 3.30. The Bertz CT molecular complexity index is 116. The van der Waals surface area contributed by atoms with Gasteiger partial charge in [-0.1, -0.05) is 11.8 Å². The molecule has 0 aromatic carbocycles. The summed E-state index contributed by atoms with van der Waals surface area (Å²) < 4.78 is 0. The number of thioether (sulfide) groups is 1. The first-order valence-electron chi connectivity index (χ1n) is 2.31. The molecule has 0 aromatic rings. The second-order valence-corrected chi connectivity index (χ2v) is 2.49. The first kappa shape index (κ1) is 12.3. The second-order valence-electron chi connectivity index (χ2n) is 1.36. The molecule has 0 aromatic heterocycles. The summed E-state index contributed by atoms with van der Waals surface area (Å²) in [6, 6.07) is 0. The minimum absolute atomic E-state index is 0. The number of carbonyl (C=O) groups is 1. The minimum atomic E-state index is -0.858. The molecule has 0 saturated heterocycles. The normalized spacial score (nSPS) is 8.00. The number of rotatable bonds is 3. The number of hydrogen-bond acceptors (Lipinski definition) is 3. The Morgan fingerprint density at radius 1 is 1.70 bits per heavy atom. The summed E-state index contributed by atoms with van der Waals surface area (Å²) in [5.41, 5.74) is 4.93. The molecule has 0 rings (SSSR count). The molecule has 0 aliphatic rings. The van der Waals surface area contributed by atoms with Crippen LogP contribution in [0.5, 0.6) is 0 Å². The van der Waals surface area contributed by atoms with E-state index in [9.17, 15) is 4.79 Å². The number of carboxylic acids is 1. The van der Waals surface area contributed by atoms with E-state index in [0.29, 0.717) is 5.75 Å². The largest absolute Gasteiger partial charge is 0.481 e. The molecule has 0 heterocycles. The standard InChI is InChI=1S/C4H8N2O2S.ClH/c5-4(6)9-2-1-3(7)8;/h1-2H2,(H3,5,6)(H,7,8);1H. The van der Waals surface area contributed by atoms with Gasteiger partial charge in [0.05, 0.1) is 6.42 Å². The number of halogens is 1. The van der Waals surface area contributed by atoms with E-state index in [1.807, 2.05) is 0 Å². The van der Waals surface area contributed by atoms with Crippen molar-refractivity contribution >= 4 is 35.3 Å². The molecule has 10 heavy (non-hydrogen) atoms. The summed E-state index contributed by atoms with van der Waals surface area (Å²) in [5, 5.41) is 14.8. The number of amidine groups is 1. The van der Waals surface area contributed by atoms with Crippen LogP contribution < -0.4 is 5.73 Å². The molecule has 0 unspecified atom stereocenters. The number of hydrogen-bond donors (Lipinski definition) is 3. The van der Waals surface area contributed by atoms with Gasteiger partial charge in [0.15, 0.2) is 5.17 Å². The Morgan fingerprint density at radius 2 is 2.20 bits per heavy atom. The van der Waals surface area contributed by atoms with Crippen molar-refractivity contribution in [1.82, 2.24) is 0 Å². The maximum Gasteiger partial charge on any atom is 0.304 e. The van der Waals surface area contributed by atoms with Gasteiger partial charge in [-0.05, 0) is 0 Å². The molecular formula is C4H9ClN2O2S. The van der Waals surface area contributed by atoms with Crippen LogP contribution >= 0.6 is 24.2 Å². The minimum Gasteiger partial charge on any atom is -0.481 e. The van der Waals surface area contributed by atoms with Crippen LogP contribution in [0.1, 0.15) is 6.42 Å². The number of nitrogens with one attached hydrogen (secondary N) is 1. The van der Waals surface area contributed by atoms with Crippen molar-refractivity contribution in [3.63, 3.8) is 0 Å². The topological polar surface area (TPSA) is 87.2 Å². The van der Waals surface area contributed by atoms with Crippen molar-refractivity contribution < 1.29 is 9.90 Å². The van der Waals surface area contributed by atoms with E-state index < -0.39 is 5.97 Å². The molecule has 0 amide bonds. The quantitative estimate of drug-likeness (QED) is 0.441. The first-order chi connectivity index (χ1) is 4.13. The van der Waals surface area contributed by atoms with Crippen molar-refractivity contribution in [2.24, 2.45) is 5.73 Å². The zero-order valence-corrected chi connectivity index (χ0v) is 6.80. The Hall–Kier alpha value is -0.420. The van der Waals surface area contributed by atoms with Crippen LogP contribution in [-0.4, -0.2) is 22.0 Å². The molecule has 0 aliphatic heterocycles. The van der Waals surface area contributed by atoms with Crippen LogP contribution in [0.4, 0.5) is 0 Å². The molecule has 60 valence electrons. The molecule has 4 nitrogen and oxygen atoms in total. The van der Waals surface area contributed by atoms with E-state index in [1.54, 1.807) is 0 Å². The van der Waals surface area contributed by atoms with E-state index >= 15 is 0 Å². The maximum absolute atomic E-state index is 9.86. The fraction of sp³-hybridized carbons (Fsp3) is 0.500. The van der Waals surface area contributed by atoms with Gasteiger partial charge in [-0.15, -0.1) is 12.4 Å². The fourth-order valence-electron chi connectivity index (χ4n) is 0.248. The molecular weight excluding hydrogens is 176 g/mol. The smallest absolute Gasteiger partial charge is 0.304 e. The summed E-state index contributed by atoms with van der Waals surface area (Å²) >= 11 is 1.04. The fourth-order valence-corrected chi connectivity index (χ4v) is 0.745. The highest BCUT2D eigenvalue weighted by Crippen LogP contribution is 1.99. The molecule has 6 heteroatoms. The number of nitrogens with two attached hydrogens (primary N) is 1. The van der Waals surface area contributed by atoms with E-state index in [2.05, 4.69) is 0 Å². The third kappa shape index (κ3) is 10.5. The molecule has 0 atom stereocenters. The van der Waals surface area contributed by atoms with Crippen molar-refractivity contribution in [3.8, 4) is 0 Å². The Kier molecular flexibility index (Phi) is 8.22. The Labute approximate surface area is 69.1 Å². The molecule has 0 fully saturated rings. The highest BCUT2D eigenvalue weighted by atomic mass is 35.5. The highest BCUT2D eigenvalue weighted by molar-refractivity contribution is 8.13. The van der Waals surface area contributed by atoms with Gasteiger partial charge >= 0.3 is 5.97 Å². The van der Waals surface area contributed by atoms with Gasteiger partial charge in [0.25, 0.3) is 0 Å². The van der Waals surface area contributed by atoms with Crippen LogP contribution in [0, 0.1) is 5.41 Å². The monoisotopic (exact) mass is 184 g/mol. The van der Waals surface area contributed by atoms with Crippen LogP contribution in [-0.2, 0) is 4.79 Å². The second kappa shape index (κ2) is 6.70. The predicted octanol–water partition coefficient (Wildman–Crippen LogP) is 0.510. The van der Waals surface area contributed by atoms with Crippen molar-refractivity contribution in [3.05, 3.63) is 0 Å². The summed E-state index contributed by atoms with van der Waals surface area (Å²) in [6.45, 7) is 0. The van der Waals surface area contributed by atoms with Gasteiger partial charge in [-0.3, -0.25) is 10.2 Å². The SMILES string of the molecule is Cl.N=C(N)SCCC(=O)O. The average molecular weight is 185 g/mol. The zero-order chi connectivity index (χ0) is 7.28. The number of aliphatic carboxylic acids is 1. The van der Waals surface area contributed by atoms with Crippen LogP contribution in [0.25, 0.3) is 0 Å². The maximum atomic E-state index is 9.86. The van der Waals surface area contributed by atoms with Gasteiger partial charge in [0, 0.05) is 5.75 Å². The van der Waals surface area contributed by atoms with Crippen LogP contribution in [0.15, 0.2) is 0 Å². The van der Waals surface area contributed by atoms with Crippen LogP contribution in [0.2, 0.25) is 0 Å². The third-order valence-electron chi connectivity index (χ3n) is 0.573. The highest BCUT2D eigenvalue weighted by Gasteiger charge is 1.96. The van der Waals surface area contributed by atoms with Gasteiger partial charge in [0.2, 0.25) is 0 Å². The van der Waals surface area contributed by atoms with Gasteiger partial charge in [-0.25, -0.2) is 0 Å². The van der Waals surface area contributed by atoms with Crippen LogP contribution in [0.3, 0.4) is 0 Å². The molecule has 4 N–H and O–H groups in total. The van der Waals surface area contributed by atoms with Gasteiger partial charge in [0.1, 0.15) is 0 Å². The number of carboxylic acid groups (broad SMARTS) is 1. The summed E-state index contributed by atoms with van der Waals surface area (Å²) in [5.74, 6) is -0.478. The van der Waals surface area contributed by atoms with Gasteiger partial charge < -0.3 is 10.8 Å². The van der Waals surface area contributed by atoms with E-state index in [0.717, 1.165) is 11.8 Å². The molecule has 0 bridgehead atoms. The van der Waals surface area contributed by atoms with E-state index in [4.69, 9.17) is 16.2 Å². The van der Waals surface area contributed by atoms with E-state index in [-0.39, 0.29) is 24.0 Å². The van der Waals surface area contributed by atoms with E-state index in [1.165, 1.54) is 0 Å². The molecule has 0 saturated carbocycles. The zero-order valence-electron chi connectivity index (χ0n) is 5.16. The summed E-state index contributed by atoms with van der Waals surface area (Å²) in [6.07, 6.45) is 0.0598. The molecule has 0 radical (unpaired) electrons. The molecule has 0 aliphatic carbocycles. The Balaban J connectivity index is 0.